The topological polar surface area (TPSA) is 69.4 Å². The number of carbonyl (C=O) groups excluding carboxylic acids is 1. The summed E-state index contributed by atoms with van der Waals surface area (Å²) in [6, 6.07) is 5.13. The molecule has 0 aromatic heterocycles. The number of Topliss-reactive ketones (excluding diaryl/α,β-unsaturated/α-hetero) is 1. The van der Waals surface area contributed by atoms with Crippen LogP contribution < -0.4 is 4.74 Å². The summed E-state index contributed by atoms with van der Waals surface area (Å²) in [6.07, 6.45) is -4.94. The highest BCUT2D eigenvalue weighted by atomic mass is 19.4. The quantitative estimate of drug-likeness (QED) is 0.348. The Bertz CT molecular complexity index is 818. The number of halogens is 4. The van der Waals surface area contributed by atoms with E-state index in [9.17, 15) is 32.5 Å². The van der Waals surface area contributed by atoms with E-state index in [-0.39, 0.29) is 11.3 Å². The highest BCUT2D eigenvalue weighted by molar-refractivity contribution is 5.95. The minimum atomic E-state index is -4.94. The van der Waals surface area contributed by atoms with Crippen molar-refractivity contribution in [2.24, 2.45) is 0 Å². The summed E-state index contributed by atoms with van der Waals surface area (Å²) in [4.78, 5) is 21.5. The number of alkyl halides is 3. The third-order valence-corrected chi connectivity index (χ3v) is 3.03. The number of rotatable bonds is 4. The van der Waals surface area contributed by atoms with Crippen LogP contribution in [-0.2, 0) is 6.18 Å². The number of hydrogen-bond acceptors (Lipinski definition) is 4. The van der Waals surface area contributed by atoms with Gasteiger partial charge in [-0.1, -0.05) is 0 Å². The van der Waals surface area contributed by atoms with Crippen molar-refractivity contribution >= 4 is 11.5 Å². The molecule has 9 heteroatoms. The second kappa shape index (κ2) is 6.26. The normalized spacial score (nSPS) is 11.2. The van der Waals surface area contributed by atoms with E-state index in [1.807, 2.05) is 0 Å². The van der Waals surface area contributed by atoms with Gasteiger partial charge in [-0.3, -0.25) is 14.9 Å². The Balaban J connectivity index is 2.45. The molecule has 0 N–H and O–H groups in total. The molecule has 0 fully saturated rings. The molecule has 0 saturated carbocycles. The van der Waals surface area contributed by atoms with E-state index in [0.717, 1.165) is 18.2 Å². The first-order valence-corrected chi connectivity index (χ1v) is 6.43. The predicted octanol–water partition coefficient (Wildman–Crippen LogP) is 4.75. The average Bonchev–Trinajstić information content (AvgIpc) is 2.48. The zero-order valence-electron chi connectivity index (χ0n) is 12.1. The van der Waals surface area contributed by atoms with E-state index < -0.39 is 39.7 Å². The van der Waals surface area contributed by atoms with Gasteiger partial charge >= 0.3 is 11.9 Å². The van der Waals surface area contributed by atoms with Gasteiger partial charge in [-0.15, -0.1) is 0 Å². The summed E-state index contributed by atoms with van der Waals surface area (Å²) in [6.45, 7) is 1.20. The first-order chi connectivity index (χ1) is 11.1. The lowest BCUT2D eigenvalue weighted by Crippen LogP contribution is -2.08. The van der Waals surface area contributed by atoms with Crippen LogP contribution in [-0.4, -0.2) is 10.7 Å². The summed E-state index contributed by atoms with van der Waals surface area (Å²) in [5, 5.41) is 11.0. The zero-order valence-corrected chi connectivity index (χ0v) is 12.1. The summed E-state index contributed by atoms with van der Waals surface area (Å²) in [7, 11) is 0. The summed E-state index contributed by atoms with van der Waals surface area (Å²) in [5.74, 6) is -2.71. The molecule has 5 nitrogen and oxygen atoms in total. The van der Waals surface area contributed by atoms with E-state index >= 15 is 0 Å². The Hall–Kier alpha value is -2.97. The lowest BCUT2D eigenvalue weighted by atomic mass is 10.1. The average molecular weight is 343 g/mol. The molecule has 24 heavy (non-hydrogen) atoms. The molecule has 2 aromatic rings. The van der Waals surface area contributed by atoms with Crippen LogP contribution in [0.1, 0.15) is 22.8 Å². The molecule has 0 bridgehead atoms. The van der Waals surface area contributed by atoms with Gasteiger partial charge in [0.25, 0.3) is 0 Å². The van der Waals surface area contributed by atoms with Crippen LogP contribution in [0.4, 0.5) is 23.2 Å². The molecule has 126 valence electrons. The molecule has 0 spiro atoms. The Kier molecular flexibility index (Phi) is 4.54. The standard InChI is InChI=1S/C15H9F4NO4/c1-8(21)9-2-5-14(13(6-9)20(22)23)24-10-3-4-12(16)11(7-10)15(17,18)19/h2-7H,1H3. The van der Waals surface area contributed by atoms with Gasteiger partial charge in [0.2, 0.25) is 5.75 Å². The molecular formula is C15H9F4NO4. The van der Waals surface area contributed by atoms with Gasteiger partial charge in [0.1, 0.15) is 11.6 Å². The number of hydrogen-bond donors (Lipinski definition) is 0. The van der Waals surface area contributed by atoms with Crippen molar-refractivity contribution < 1.29 is 32.0 Å². The smallest absolute Gasteiger partial charge is 0.419 e. The molecule has 0 amide bonds. The van der Waals surface area contributed by atoms with Gasteiger partial charge in [0.05, 0.1) is 10.5 Å². The fourth-order valence-electron chi connectivity index (χ4n) is 1.88. The fraction of sp³-hybridized carbons (Fsp3) is 0.133. The summed E-state index contributed by atoms with van der Waals surface area (Å²) >= 11 is 0. The van der Waals surface area contributed by atoms with Gasteiger partial charge in [-0.05, 0) is 37.3 Å². The molecular weight excluding hydrogens is 334 g/mol. The van der Waals surface area contributed by atoms with Gasteiger partial charge in [-0.2, -0.15) is 13.2 Å². The predicted molar refractivity (Wildman–Crippen MR) is 74.6 cm³/mol. The van der Waals surface area contributed by atoms with E-state index in [4.69, 9.17) is 4.74 Å². The van der Waals surface area contributed by atoms with E-state index in [2.05, 4.69) is 0 Å². The van der Waals surface area contributed by atoms with Crippen LogP contribution in [0.15, 0.2) is 36.4 Å². The summed E-state index contributed by atoms with van der Waals surface area (Å²) in [5.41, 5.74) is -2.10. The maximum absolute atomic E-state index is 13.2. The van der Waals surface area contributed by atoms with Crippen LogP contribution >= 0.6 is 0 Å². The Morgan fingerprint density at radius 3 is 2.38 bits per heavy atom. The van der Waals surface area contributed by atoms with Crippen LogP contribution in [0.3, 0.4) is 0 Å². The number of ether oxygens (including phenoxy) is 1. The highest BCUT2D eigenvalue weighted by Gasteiger charge is 2.34. The van der Waals surface area contributed by atoms with Crippen molar-refractivity contribution in [3.8, 4) is 11.5 Å². The number of nitrogens with zero attached hydrogens (tertiary/aromatic N) is 1. The molecule has 0 unspecified atom stereocenters. The maximum Gasteiger partial charge on any atom is 0.419 e. The number of ketones is 1. The molecule has 0 radical (unpaired) electrons. The molecule has 0 saturated heterocycles. The lowest BCUT2D eigenvalue weighted by Gasteiger charge is -2.11. The maximum atomic E-state index is 13.2. The van der Waals surface area contributed by atoms with Crippen molar-refractivity contribution in [3.63, 3.8) is 0 Å². The number of nitro groups is 1. The number of benzene rings is 2. The molecule has 0 aliphatic carbocycles. The van der Waals surface area contributed by atoms with Gasteiger partial charge in [0, 0.05) is 11.6 Å². The molecule has 2 aromatic carbocycles. The van der Waals surface area contributed by atoms with Gasteiger partial charge in [0.15, 0.2) is 5.78 Å². The van der Waals surface area contributed by atoms with E-state index in [1.54, 1.807) is 0 Å². The van der Waals surface area contributed by atoms with Crippen molar-refractivity contribution in [2.75, 3.05) is 0 Å². The van der Waals surface area contributed by atoms with Crippen LogP contribution in [0.5, 0.6) is 11.5 Å². The molecule has 2 rings (SSSR count). The second-order valence-electron chi connectivity index (χ2n) is 4.74. The number of carbonyl (C=O) groups is 1. The van der Waals surface area contributed by atoms with Gasteiger partial charge < -0.3 is 4.74 Å². The second-order valence-corrected chi connectivity index (χ2v) is 4.74. The van der Waals surface area contributed by atoms with Crippen molar-refractivity contribution in [2.45, 2.75) is 13.1 Å². The molecule has 0 aliphatic heterocycles. The molecule has 0 heterocycles. The van der Waals surface area contributed by atoms with Crippen molar-refractivity contribution in [1.29, 1.82) is 0 Å². The van der Waals surface area contributed by atoms with Crippen molar-refractivity contribution in [1.82, 2.24) is 0 Å². The third kappa shape index (κ3) is 3.67. The molecule has 0 atom stereocenters. The van der Waals surface area contributed by atoms with E-state index in [1.165, 1.54) is 13.0 Å². The first-order valence-electron chi connectivity index (χ1n) is 6.43. The zero-order chi connectivity index (χ0) is 18.1. The van der Waals surface area contributed by atoms with Crippen LogP contribution in [0, 0.1) is 15.9 Å². The number of nitro benzene ring substituents is 1. The first kappa shape index (κ1) is 17.4. The SMILES string of the molecule is CC(=O)c1ccc(Oc2ccc(F)c(C(F)(F)F)c2)c([N+](=O)[O-])c1. The van der Waals surface area contributed by atoms with E-state index in [0.29, 0.717) is 12.1 Å². The molecule has 0 aliphatic rings. The summed E-state index contributed by atoms with van der Waals surface area (Å²) < 4.78 is 56.3. The fourth-order valence-corrected chi connectivity index (χ4v) is 1.88. The largest absolute Gasteiger partial charge is 0.450 e. The Morgan fingerprint density at radius 2 is 1.83 bits per heavy atom. The minimum absolute atomic E-state index is 0.0455. The monoisotopic (exact) mass is 343 g/mol. The Morgan fingerprint density at radius 1 is 1.17 bits per heavy atom. The van der Waals surface area contributed by atoms with Crippen LogP contribution in [0.2, 0.25) is 0 Å². The van der Waals surface area contributed by atoms with Gasteiger partial charge in [-0.25, -0.2) is 4.39 Å². The van der Waals surface area contributed by atoms with Crippen molar-refractivity contribution in [3.05, 3.63) is 63.5 Å². The highest BCUT2D eigenvalue weighted by Crippen LogP contribution is 2.37. The van der Waals surface area contributed by atoms with Crippen LogP contribution in [0.25, 0.3) is 0 Å². The lowest BCUT2D eigenvalue weighted by molar-refractivity contribution is -0.385. The third-order valence-electron chi connectivity index (χ3n) is 3.03. The minimum Gasteiger partial charge on any atom is -0.450 e. The Labute approximate surface area is 132 Å².